The van der Waals surface area contributed by atoms with E-state index in [0.29, 0.717) is 16.8 Å². The molecule has 6 heteroatoms. The third-order valence-electron chi connectivity index (χ3n) is 3.28. The minimum Gasteiger partial charge on any atom is -0.444 e. The average Bonchev–Trinajstić information content (AvgIpc) is 2.56. The number of nitriles is 1. The van der Waals surface area contributed by atoms with Crippen LogP contribution < -0.4 is 10.2 Å². The summed E-state index contributed by atoms with van der Waals surface area (Å²) < 4.78 is 5.18. The number of alkyl carbamates (subject to hydrolysis) is 1. The first kappa shape index (κ1) is 16.6. The van der Waals surface area contributed by atoms with Crippen molar-refractivity contribution in [3.63, 3.8) is 0 Å². The van der Waals surface area contributed by atoms with Crippen molar-refractivity contribution < 1.29 is 14.3 Å². The first-order chi connectivity index (χ1) is 10.7. The minimum absolute atomic E-state index is 0.333. The van der Waals surface area contributed by atoms with E-state index in [1.807, 2.05) is 0 Å². The van der Waals surface area contributed by atoms with Gasteiger partial charge < -0.3 is 15.0 Å². The zero-order chi connectivity index (χ0) is 17.2. The lowest BCUT2D eigenvalue weighted by Gasteiger charge is -2.24. The normalized spacial score (nSPS) is 17.5. The Morgan fingerprint density at radius 3 is 2.61 bits per heavy atom. The van der Waals surface area contributed by atoms with Gasteiger partial charge >= 0.3 is 6.09 Å². The fourth-order valence-corrected chi connectivity index (χ4v) is 2.28. The van der Waals surface area contributed by atoms with E-state index < -0.39 is 17.7 Å². The van der Waals surface area contributed by atoms with E-state index in [-0.39, 0.29) is 5.91 Å². The predicted octanol–water partition coefficient (Wildman–Crippen LogP) is 2.46. The van der Waals surface area contributed by atoms with E-state index in [0.717, 1.165) is 0 Å². The molecule has 1 N–H and O–H groups in total. The van der Waals surface area contributed by atoms with Crippen molar-refractivity contribution in [3.05, 3.63) is 35.9 Å². The topological polar surface area (TPSA) is 82.4 Å². The highest BCUT2D eigenvalue weighted by Crippen LogP contribution is 2.29. The molecular weight excluding hydrogens is 294 g/mol. The van der Waals surface area contributed by atoms with Crippen LogP contribution in [0.2, 0.25) is 0 Å². The highest BCUT2D eigenvalue weighted by molar-refractivity contribution is 6.06. The second-order valence-electron chi connectivity index (χ2n) is 6.23. The van der Waals surface area contributed by atoms with Crippen LogP contribution in [0.25, 0.3) is 5.57 Å². The number of carbonyl (C=O) groups is 2. The van der Waals surface area contributed by atoms with Crippen molar-refractivity contribution in [1.82, 2.24) is 5.32 Å². The Balaban J connectivity index is 2.35. The van der Waals surface area contributed by atoms with Gasteiger partial charge in [-0.1, -0.05) is 18.2 Å². The van der Waals surface area contributed by atoms with Crippen LogP contribution in [0, 0.1) is 11.3 Å². The van der Waals surface area contributed by atoms with Crippen molar-refractivity contribution in [1.29, 1.82) is 5.26 Å². The number of nitrogens with zero attached hydrogens (tertiary/aromatic N) is 2. The number of carbonyl (C=O) groups excluding carboxylic acids is 2. The highest BCUT2D eigenvalue weighted by Gasteiger charge is 2.30. The van der Waals surface area contributed by atoms with Gasteiger partial charge in [0.15, 0.2) is 0 Å². The van der Waals surface area contributed by atoms with E-state index in [2.05, 4.69) is 11.4 Å². The first-order valence-corrected chi connectivity index (χ1v) is 7.21. The maximum atomic E-state index is 12.6. The standard InChI is InChI=1S/C17H19N3O3/c1-17(2,3)23-16(22)19-13-9-11(10-18)12-7-5-6-8-14(12)20(4)15(13)21/h5-9,13H,1-4H3,(H,19,22). The van der Waals surface area contributed by atoms with Gasteiger partial charge in [-0.3, -0.25) is 4.79 Å². The molecule has 23 heavy (non-hydrogen) atoms. The Labute approximate surface area is 135 Å². The number of fused-ring (bicyclic) bond motifs is 1. The number of nitrogens with one attached hydrogen (secondary N) is 1. The van der Waals surface area contributed by atoms with E-state index >= 15 is 0 Å². The Bertz CT molecular complexity index is 711. The largest absolute Gasteiger partial charge is 0.444 e. The van der Waals surface area contributed by atoms with Gasteiger partial charge in [-0.05, 0) is 32.9 Å². The molecule has 1 heterocycles. The molecule has 2 rings (SSSR count). The van der Waals surface area contributed by atoms with Gasteiger partial charge in [0.25, 0.3) is 5.91 Å². The third-order valence-corrected chi connectivity index (χ3v) is 3.28. The van der Waals surface area contributed by atoms with Gasteiger partial charge in [-0.25, -0.2) is 4.79 Å². The summed E-state index contributed by atoms with van der Waals surface area (Å²) in [6.07, 6.45) is 0.748. The Morgan fingerprint density at radius 2 is 2.00 bits per heavy atom. The Hall–Kier alpha value is -2.81. The second kappa shape index (κ2) is 6.13. The van der Waals surface area contributed by atoms with Crippen molar-refractivity contribution >= 4 is 23.3 Å². The first-order valence-electron chi connectivity index (χ1n) is 7.21. The van der Waals surface area contributed by atoms with Crippen LogP contribution in [0.3, 0.4) is 0 Å². The highest BCUT2D eigenvalue weighted by atomic mass is 16.6. The Kier molecular flexibility index (Phi) is 4.41. The molecule has 1 unspecified atom stereocenters. The quantitative estimate of drug-likeness (QED) is 0.863. The third kappa shape index (κ3) is 3.69. The number of rotatable bonds is 1. The molecule has 1 atom stereocenters. The summed E-state index contributed by atoms with van der Waals surface area (Å²) >= 11 is 0. The molecule has 1 aromatic rings. The van der Waals surface area contributed by atoms with Crippen LogP contribution in [0.15, 0.2) is 30.3 Å². The molecule has 120 valence electrons. The summed E-state index contributed by atoms with van der Waals surface area (Å²) in [4.78, 5) is 25.9. The summed E-state index contributed by atoms with van der Waals surface area (Å²) in [7, 11) is 1.61. The molecular formula is C17H19N3O3. The van der Waals surface area contributed by atoms with Gasteiger partial charge in [0.05, 0.1) is 17.3 Å². The summed E-state index contributed by atoms with van der Waals surface area (Å²) in [5, 5.41) is 11.9. The van der Waals surface area contributed by atoms with E-state index in [1.54, 1.807) is 52.1 Å². The molecule has 0 radical (unpaired) electrons. The van der Waals surface area contributed by atoms with Crippen LogP contribution in [0.5, 0.6) is 0 Å². The number of likely N-dealkylation sites (N-methyl/N-ethyl adjacent to an activating group) is 1. The molecule has 1 aliphatic heterocycles. The van der Waals surface area contributed by atoms with E-state index in [4.69, 9.17) is 4.74 Å². The fourth-order valence-electron chi connectivity index (χ4n) is 2.28. The number of amides is 2. The van der Waals surface area contributed by atoms with Crippen molar-refractivity contribution in [2.75, 3.05) is 11.9 Å². The summed E-state index contributed by atoms with van der Waals surface area (Å²) in [6, 6.07) is 8.23. The molecule has 0 bridgehead atoms. The lowest BCUT2D eigenvalue weighted by atomic mass is 10.0. The maximum absolute atomic E-state index is 12.6. The molecule has 0 spiro atoms. The number of para-hydroxylation sites is 1. The predicted molar refractivity (Wildman–Crippen MR) is 86.6 cm³/mol. The molecule has 6 nitrogen and oxygen atoms in total. The number of hydrogen-bond donors (Lipinski definition) is 1. The minimum atomic E-state index is -0.961. The number of anilines is 1. The van der Waals surface area contributed by atoms with Crippen molar-refractivity contribution in [2.45, 2.75) is 32.4 Å². The molecule has 0 saturated heterocycles. The molecule has 2 amide bonds. The molecule has 1 aliphatic rings. The molecule has 0 aromatic heterocycles. The van der Waals surface area contributed by atoms with Crippen LogP contribution >= 0.6 is 0 Å². The van der Waals surface area contributed by atoms with Gasteiger partial charge in [-0.2, -0.15) is 5.26 Å². The monoisotopic (exact) mass is 313 g/mol. The lowest BCUT2D eigenvalue weighted by molar-refractivity contribution is -0.119. The molecule has 1 aromatic carbocycles. The van der Waals surface area contributed by atoms with Gasteiger partial charge in [-0.15, -0.1) is 0 Å². The van der Waals surface area contributed by atoms with Crippen LogP contribution in [-0.2, 0) is 9.53 Å². The summed E-state index contributed by atoms with van der Waals surface area (Å²) in [5.74, 6) is -0.339. The van der Waals surface area contributed by atoms with E-state index in [9.17, 15) is 14.9 Å². The van der Waals surface area contributed by atoms with Gasteiger partial charge in [0, 0.05) is 12.6 Å². The molecule has 0 fully saturated rings. The number of ether oxygens (including phenoxy) is 1. The van der Waals surface area contributed by atoms with Gasteiger partial charge in [0.1, 0.15) is 11.6 Å². The Morgan fingerprint density at radius 1 is 1.35 bits per heavy atom. The number of benzene rings is 1. The molecule has 0 saturated carbocycles. The van der Waals surface area contributed by atoms with Crippen molar-refractivity contribution in [3.8, 4) is 6.07 Å². The SMILES string of the molecule is CN1C(=O)C(NC(=O)OC(C)(C)C)C=C(C#N)c2ccccc21. The molecule has 0 aliphatic carbocycles. The van der Waals surface area contributed by atoms with Crippen LogP contribution in [-0.4, -0.2) is 30.7 Å². The van der Waals surface area contributed by atoms with Crippen LogP contribution in [0.1, 0.15) is 26.3 Å². The van der Waals surface area contributed by atoms with Gasteiger partial charge in [0.2, 0.25) is 0 Å². The average molecular weight is 313 g/mol. The van der Waals surface area contributed by atoms with Crippen molar-refractivity contribution in [2.24, 2.45) is 0 Å². The number of allylic oxidation sites excluding steroid dienone is 1. The van der Waals surface area contributed by atoms with E-state index in [1.165, 1.54) is 11.0 Å². The summed E-state index contributed by atoms with van der Waals surface area (Å²) in [6.45, 7) is 5.21. The maximum Gasteiger partial charge on any atom is 0.408 e. The lowest BCUT2D eigenvalue weighted by Crippen LogP contribution is -2.47. The smallest absolute Gasteiger partial charge is 0.408 e. The zero-order valence-corrected chi connectivity index (χ0v) is 13.6. The zero-order valence-electron chi connectivity index (χ0n) is 13.6. The fraction of sp³-hybridized carbons (Fsp3) is 0.353. The summed E-state index contributed by atoms with van der Waals surface area (Å²) in [5.41, 5.74) is 0.937. The number of hydrogen-bond acceptors (Lipinski definition) is 4. The van der Waals surface area contributed by atoms with Crippen LogP contribution in [0.4, 0.5) is 10.5 Å². The second-order valence-corrected chi connectivity index (χ2v) is 6.23.